The summed E-state index contributed by atoms with van der Waals surface area (Å²) >= 11 is 0. The highest BCUT2D eigenvalue weighted by Gasteiger charge is 2.19. The van der Waals surface area contributed by atoms with Gasteiger partial charge in [0.25, 0.3) is 0 Å². The van der Waals surface area contributed by atoms with Gasteiger partial charge >= 0.3 is 0 Å². The van der Waals surface area contributed by atoms with E-state index in [0.29, 0.717) is 6.04 Å². The number of hydrogen-bond acceptors (Lipinski definition) is 4. The Morgan fingerprint density at radius 1 is 1.35 bits per heavy atom. The summed E-state index contributed by atoms with van der Waals surface area (Å²) < 4.78 is 0. The van der Waals surface area contributed by atoms with Gasteiger partial charge in [-0.3, -0.25) is 14.8 Å². The summed E-state index contributed by atoms with van der Waals surface area (Å²) in [5, 5.41) is 0. The second-order valence-electron chi connectivity index (χ2n) is 4.76. The van der Waals surface area contributed by atoms with Crippen molar-refractivity contribution in [2.75, 3.05) is 32.7 Å². The quantitative estimate of drug-likeness (QED) is 0.826. The molecule has 1 atom stereocenters. The molecule has 0 amide bonds. The first-order chi connectivity index (χ1) is 8.29. The summed E-state index contributed by atoms with van der Waals surface area (Å²) in [6, 6.07) is 4.65. The summed E-state index contributed by atoms with van der Waals surface area (Å²) in [5.41, 5.74) is 7.00. The number of pyridine rings is 1. The monoisotopic (exact) mass is 234 g/mol. The molecule has 2 heterocycles. The molecule has 4 heteroatoms. The molecule has 2 N–H and O–H groups in total. The predicted octanol–water partition coefficient (Wildman–Crippen LogP) is 0.546. The Bertz CT molecular complexity index is 319. The first-order valence-corrected chi connectivity index (χ1v) is 6.35. The third kappa shape index (κ3) is 3.49. The minimum Gasteiger partial charge on any atom is -0.329 e. The molecule has 1 fully saturated rings. The second kappa shape index (κ2) is 6.10. The van der Waals surface area contributed by atoms with E-state index in [9.17, 15) is 0 Å². The summed E-state index contributed by atoms with van der Waals surface area (Å²) in [5.74, 6) is 0. The van der Waals surface area contributed by atoms with Crippen LogP contribution >= 0.6 is 0 Å². The highest BCUT2D eigenvalue weighted by molar-refractivity contribution is 5.08. The smallest absolute Gasteiger partial charge is 0.0312 e. The molecule has 0 bridgehead atoms. The largest absolute Gasteiger partial charge is 0.329 e. The van der Waals surface area contributed by atoms with Crippen molar-refractivity contribution < 1.29 is 0 Å². The Morgan fingerprint density at radius 3 is 2.71 bits per heavy atom. The highest BCUT2D eigenvalue weighted by Crippen LogP contribution is 2.09. The molecule has 2 rings (SSSR count). The van der Waals surface area contributed by atoms with Gasteiger partial charge in [-0.15, -0.1) is 0 Å². The van der Waals surface area contributed by atoms with Crippen LogP contribution in [0.25, 0.3) is 0 Å². The zero-order valence-corrected chi connectivity index (χ0v) is 10.5. The van der Waals surface area contributed by atoms with Crippen molar-refractivity contribution >= 4 is 0 Å². The van der Waals surface area contributed by atoms with Crippen LogP contribution in [0.4, 0.5) is 0 Å². The van der Waals surface area contributed by atoms with E-state index in [4.69, 9.17) is 5.73 Å². The predicted molar refractivity (Wildman–Crippen MR) is 69.6 cm³/mol. The van der Waals surface area contributed by atoms with E-state index in [2.05, 4.69) is 27.8 Å². The number of nitrogens with two attached hydrogens (primary N) is 1. The van der Waals surface area contributed by atoms with Gasteiger partial charge in [-0.2, -0.15) is 0 Å². The van der Waals surface area contributed by atoms with Crippen LogP contribution in [0, 0.1) is 0 Å². The molecule has 94 valence electrons. The third-order valence-electron chi connectivity index (χ3n) is 3.50. The van der Waals surface area contributed by atoms with Gasteiger partial charge in [-0.1, -0.05) is 6.07 Å². The maximum Gasteiger partial charge on any atom is 0.0312 e. The van der Waals surface area contributed by atoms with Crippen molar-refractivity contribution in [2.45, 2.75) is 19.5 Å². The van der Waals surface area contributed by atoms with Crippen molar-refractivity contribution in [2.24, 2.45) is 5.73 Å². The minimum atomic E-state index is 0.510. The van der Waals surface area contributed by atoms with Crippen LogP contribution in [-0.2, 0) is 6.54 Å². The summed E-state index contributed by atoms with van der Waals surface area (Å²) in [4.78, 5) is 9.11. The number of piperazine rings is 1. The maximum atomic E-state index is 5.70. The van der Waals surface area contributed by atoms with Crippen molar-refractivity contribution in [1.82, 2.24) is 14.8 Å². The van der Waals surface area contributed by atoms with Crippen LogP contribution in [0.15, 0.2) is 24.5 Å². The molecule has 0 spiro atoms. The topological polar surface area (TPSA) is 45.4 Å². The summed E-state index contributed by atoms with van der Waals surface area (Å²) in [6.07, 6.45) is 3.78. The van der Waals surface area contributed by atoms with E-state index in [-0.39, 0.29) is 0 Å². The van der Waals surface area contributed by atoms with Crippen molar-refractivity contribution in [3.63, 3.8) is 0 Å². The number of nitrogens with zero attached hydrogens (tertiary/aromatic N) is 3. The molecule has 1 unspecified atom stereocenters. The van der Waals surface area contributed by atoms with E-state index in [1.165, 1.54) is 5.56 Å². The average Bonchev–Trinajstić information content (AvgIpc) is 2.40. The standard InChI is InChI=1S/C13H22N4/c1-12(9-14)17-7-5-16(6-8-17)11-13-3-2-4-15-10-13/h2-4,10,12H,5-9,11,14H2,1H3. The van der Waals surface area contributed by atoms with Crippen LogP contribution in [0.3, 0.4) is 0 Å². The Labute approximate surface area is 103 Å². The second-order valence-corrected chi connectivity index (χ2v) is 4.76. The normalized spacial score (nSPS) is 20.4. The zero-order chi connectivity index (χ0) is 12.1. The number of hydrogen-bond donors (Lipinski definition) is 1. The van der Waals surface area contributed by atoms with Gasteiger partial charge in [0.1, 0.15) is 0 Å². The molecule has 1 aromatic rings. The molecule has 0 radical (unpaired) electrons. The molecule has 0 aliphatic carbocycles. The first kappa shape index (κ1) is 12.5. The van der Waals surface area contributed by atoms with Crippen LogP contribution in [0.5, 0.6) is 0 Å². The number of rotatable bonds is 4. The average molecular weight is 234 g/mol. The molecule has 4 nitrogen and oxygen atoms in total. The van der Waals surface area contributed by atoms with Crippen LogP contribution in [-0.4, -0.2) is 53.5 Å². The van der Waals surface area contributed by atoms with E-state index in [1.54, 1.807) is 0 Å². The Balaban J connectivity index is 1.80. The summed E-state index contributed by atoms with van der Waals surface area (Å²) in [7, 11) is 0. The molecule has 1 saturated heterocycles. The SMILES string of the molecule is CC(CN)N1CCN(Cc2cccnc2)CC1. The van der Waals surface area contributed by atoms with Crippen LogP contribution in [0.2, 0.25) is 0 Å². The van der Waals surface area contributed by atoms with E-state index >= 15 is 0 Å². The molecular weight excluding hydrogens is 212 g/mol. The molecule has 1 aliphatic heterocycles. The lowest BCUT2D eigenvalue weighted by atomic mass is 10.2. The molecule has 1 aliphatic rings. The molecular formula is C13H22N4. The first-order valence-electron chi connectivity index (χ1n) is 6.35. The van der Waals surface area contributed by atoms with E-state index in [0.717, 1.165) is 39.3 Å². The van der Waals surface area contributed by atoms with Gasteiger partial charge in [0.15, 0.2) is 0 Å². The van der Waals surface area contributed by atoms with Gasteiger partial charge in [0.05, 0.1) is 0 Å². The van der Waals surface area contributed by atoms with E-state index < -0.39 is 0 Å². The Morgan fingerprint density at radius 2 is 2.12 bits per heavy atom. The molecule has 0 aromatic carbocycles. The third-order valence-corrected chi connectivity index (χ3v) is 3.50. The van der Waals surface area contributed by atoms with Crippen LogP contribution < -0.4 is 5.73 Å². The fraction of sp³-hybridized carbons (Fsp3) is 0.615. The number of aromatic nitrogens is 1. The van der Waals surface area contributed by atoms with Gasteiger partial charge < -0.3 is 5.73 Å². The Hall–Kier alpha value is -0.970. The van der Waals surface area contributed by atoms with Crippen LogP contribution in [0.1, 0.15) is 12.5 Å². The lowest BCUT2D eigenvalue weighted by Crippen LogP contribution is -2.51. The lowest BCUT2D eigenvalue weighted by molar-refractivity contribution is 0.100. The fourth-order valence-corrected chi connectivity index (χ4v) is 2.26. The van der Waals surface area contributed by atoms with Gasteiger partial charge in [-0.25, -0.2) is 0 Å². The Kier molecular flexibility index (Phi) is 4.48. The van der Waals surface area contributed by atoms with Gasteiger partial charge in [0, 0.05) is 57.7 Å². The summed E-state index contributed by atoms with van der Waals surface area (Å²) in [6.45, 7) is 8.47. The minimum absolute atomic E-state index is 0.510. The fourth-order valence-electron chi connectivity index (χ4n) is 2.26. The van der Waals surface area contributed by atoms with Crippen molar-refractivity contribution in [1.29, 1.82) is 0 Å². The highest BCUT2D eigenvalue weighted by atomic mass is 15.3. The van der Waals surface area contributed by atoms with Crippen molar-refractivity contribution in [3.8, 4) is 0 Å². The molecule has 1 aromatic heterocycles. The maximum absolute atomic E-state index is 5.70. The van der Waals surface area contributed by atoms with Crippen molar-refractivity contribution in [3.05, 3.63) is 30.1 Å². The van der Waals surface area contributed by atoms with Gasteiger partial charge in [0.2, 0.25) is 0 Å². The zero-order valence-electron chi connectivity index (χ0n) is 10.5. The molecule has 17 heavy (non-hydrogen) atoms. The van der Waals surface area contributed by atoms with E-state index in [1.807, 2.05) is 18.5 Å². The lowest BCUT2D eigenvalue weighted by Gasteiger charge is -2.37. The molecule has 0 saturated carbocycles. The van der Waals surface area contributed by atoms with Gasteiger partial charge in [-0.05, 0) is 18.6 Å².